The number of aromatic nitrogens is 2. The van der Waals surface area contributed by atoms with E-state index in [4.69, 9.17) is 4.74 Å². The molecular formula is C16H15N3O2. The fourth-order valence-electron chi connectivity index (χ4n) is 2.11. The van der Waals surface area contributed by atoms with E-state index in [0.717, 1.165) is 16.8 Å². The number of hydrogen-bond acceptors (Lipinski definition) is 3. The Morgan fingerprint density at radius 2 is 2.19 bits per heavy atom. The predicted octanol–water partition coefficient (Wildman–Crippen LogP) is 3.21. The van der Waals surface area contributed by atoms with Crippen molar-refractivity contribution >= 4 is 22.6 Å². The summed E-state index contributed by atoms with van der Waals surface area (Å²) in [5.41, 5.74) is 2.96. The van der Waals surface area contributed by atoms with E-state index in [9.17, 15) is 4.79 Å². The van der Waals surface area contributed by atoms with Gasteiger partial charge in [0, 0.05) is 17.3 Å². The lowest BCUT2D eigenvalue weighted by atomic mass is 10.2. The van der Waals surface area contributed by atoms with Crippen LogP contribution in [0.1, 0.15) is 17.3 Å². The monoisotopic (exact) mass is 281 g/mol. The summed E-state index contributed by atoms with van der Waals surface area (Å²) in [7, 11) is 0. The number of benzene rings is 2. The highest BCUT2D eigenvalue weighted by Crippen LogP contribution is 2.19. The van der Waals surface area contributed by atoms with Crippen molar-refractivity contribution in [2.24, 2.45) is 0 Å². The van der Waals surface area contributed by atoms with Crippen LogP contribution in [0.25, 0.3) is 11.0 Å². The molecule has 3 rings (SSSR count). The summed E-state index contributed by atoms with van der Waals surface area (Å²) in [6.45, 7) is 2.51. The zero-order valence-electron chi connectivity index (χ0n) is 11.6. The van der Waals surface area contributed by atoms with Crippen LogP contribution in [0, 0.1) is 0 Å². The first-order chi connectivity index (χ1) is 10.3. The topological polar surface area (TPSA) is 67.0 Å². The number of amides is 1. The van der Waals surface area contributed by atoms with Crippen molar-refractivity contribution in [3.8, 4) is 5.75 Å². The van der Waals surface area contributed by atoms with E-state index in [1.165, 1.54) is 0 Å². The van der Waals surface area contributed by atoms with Crippen LogP contribution in [0.4, 0.5) is 5.69 Å². The van der Waals surface area contributed by atoms with Gasteiger partial charge in [-0.15, -0.1) is 0 Å². The summed E-state index contributed by atoms with van der Waals surface area (Å²) in [6.07, 6.45) is 1.61. The van der Waals surface area contributed by atoms with E-state index in [1.54, 1.807) is 24.5 Å². The quantitative estimate of drug-likeness (QED) is 0.771. The summed E-state index contributed by atoms with van der Waals surface area (Å²) < 4.78 is 5.42. The van der Waals surface area contributed by atoms with Gasteiger partial charge in [0.25, 0.3) is 5.91 Å². The van der Waals surface area contributed by atoms with Crippen molar-refractivity contribution in [3.63, 3.8) is 0 Å². The molecule has 106 valence electrons. The molecule has 5 heteroatoms. The van der Waals surface area contributed by atoms with Crippen LogP contribution in [0.5, 0.6) is 5.75 Å². The first kappa shape index (κ1) is 13.2. The molecule has 0 bridgehead atoms. The average Bonchev–Trinajstić information content (AvgIpc) is 2.95. The Hall–Kier alpha value is -2.82. The zero-order chi connectivity index (χ0) is 14.7. The molecule has 0 aliphatic heterocycles. The SMILES string of the molecule is CCOc1cccc(NC(=O)c2ccc3nc[nH]c3c2)c1. The molecule has 0 aliphatic rings. The summed E-state index contributed by atoms with van der Waals surface area (Å²) >= 11 is 0. The zero-order valence-corrected chi connectivity index (χ0v) is 11.6. The second kappa shape index (κ2) is 5.66. The molecule has 2 N–H and O–H groups in total. The van der Waals surface area contributed by atoms with Crippen molar-refractivity contribution in [1.29, 1.82) is 0 Å². The number of carbonyl (C=O) groups excluding carboxylic acids is 1. The van der Waals surface area contributed by atoms with Gasteiger partial charge in [-0.25, -0.2) is 4.98 Å². The van der Waals surface area contributed by atoms with Crippen LogP contribution in [0.2, 0.25) is 0 Å². The van der Waals surface area contributed by atoms with Crippen LogP contribution in [0.3, 0.4) is 0 Å². The van der Waals surface area contributed by atoms with Gasteiger partial charge in [0.15, 0.2) is 0 Å². The maximum absolute atomic E-state index is 12.3. The van der Waals surface area contributed by atoms with E-state index < -0.39 is 0 Å². The Labute approximate surface area is 122 Å². The largest absolute Gasteiger partial charge is 0.494 e. The van der Waals surface area contributed by atoms with E-state index in [2.05, 4.69) is 15.3 Å². The third-order valence-electron chi connectivity index (χ3n) is 3.09. The van der Waals surface area contributed by atoms with Crippen molar-refractivity contribution in [2.75, 3.05) is 11.9 Å². The van der Waals surface area contributed by atoms with E-state index >= 15 is 0 Å². The Balaban J connectivity index is 1.80. The van der Waals surface area contributed by atoms with Crippen LogP contribution in [0.15, 0.2) is 48.8 Å². The van der Waals surface area contributed by atoms with Crippen molar-refractivity contribution in [2.45, 2.75) is 6.92 Å². The molecule has 1 aromatic heterocycles. The Morgan fingerprint density at radius 3 is 3.05 bits per heavy atom. The third kappa shape index (κ3) is 2.86. The summed E-state index contributed by atoms with van der Waals surface area (Å²) in [6, 6.07) is 12.7. The third-order valence-corrected chi connectivity index (χ3v) is 3.09. The van der Waals surface area contributed by atoms with Crippen LogP contribution in [-0.4, -0.2) is 22.5 Å². The second-order valence-electron chi connectivity index (χ2n) is 4.55. The molecule has 3 aromatic rings. The molecule has 1 heterocycles. The summed E-state index contributed by atoms with van der Waals surface area (Å²) in [5, 5.41) is 2.86. The first-order valence-electron chi connectivity index (χ1n) is 6.73. The number of hydrogen-bond donors (Lipinski definition) is 2. The van der Waals surface area contributed by atoms with Crippen molar-refractivity contribution in [3.05, 3.63) is 54.4 Å². The summed E-state index contributed by atoms with van der Waals surface area (Å²) in [5.74, 6) is 0.569. The Bertz CT molecular complexity index is 780. The molecule has 0 radical (unpaired) electrons. The van der Waals surface area contributed by atoms with Crippen LogP contribution in [-0.2, 0) is 0 Å². The van der Waals surface area contributed by atoms with E-state index in [1.807, 2.05) is 31.2 Å². The van der Waals surface area contributed by atoms with Crippen molar-refractivity contribution < 1.29 is 9.53 Å². The molecule has 0 spiro atoms. The molecular weight excluding hydrogens is 266 g/mol. The number of nitrogens with zero attached hydrogens (tertiary/aromatic N) is 1. The fourth-order valence-corrected chi connectivity index (χ4v) is 2.11. The highest BCUT2D eigenvalue weighted by molar-refractivity contribution is 6.05. The minimum absolute atomic E-state index is 0.167. The fraction of sp³-hybridized carbons (Fsp3) is 0.125. The number of aromatic amines is 1. The predicted molar refractivity (Wildman–Crippen MR) is 81.7 cm³/mol. The van der Waals surface area contributed by atoms with Crippen LogP contribution < -0.4 is 10.1 Å². The second-order valence-corrected chi connectivity index (χ2v) is 4.55. The lowest BCUT2D eigenvalue weighted by Gasteiger charge is -2.08. The molecule has 0 aliphatic carbocycles. The number of anilines is 1. The van der Waals surface area contributed by atoms with Gasteiger partial charge in [0.1, 0.15) is 5.75 Å². The molecule has 0 saturated heterocycles. The van der Waals surface area contributed by atoms with E-state index in [0.29, 0.717) is 17.9 Å². The number of rotatable bonds is 4. The molecule has 1 amide bonds. The van der Waals surface area contributed by atoms with Gasteiger partial charge in [-0.05, 0) is 37.3 Å². The van der Waals surface area contributed by atoms with Gasteiger partial charge >= 0.3 is 0 Å². The normalized spacial score (nSPS) is 10.5. The number of ether oxygens (including phenoxy) is 1. The lowest BCUT2D eigenvalue weighted by Crippen LogP contribution is -2.11. The van der Waals surface area contributed by atoms with Gasteiger partial charge in [0.05, 0.1) is 24.0 Å². The molecule has 5 nitrogen and oxygen atoms in total. The first-order valence-corrected chi connectivity index (χ1v) is 6.73. The molecule has 0 fully saturated rings. The van der Waals surface area contributed by atoms with Gasteiger partial charge < -0.3 is 15.0 Å². The average molecular weight is 281 g/mol. The number of H-pyrrole nitrogens is 1. The Kier molecular flexibility index (Phi) is 3.55. The van der Waals surface area contributed by atoms with Gasteiger partial charge in [-0.2, -0.15) is 0 Å². The lowest BCUT2D eigenvalue weighted by molar-refractivity contribution is 0.102. The number of carbonyl (C=O) groups is 1. The molecule has 0 unspecified atom stereocenters. The standard InChI is InChI=1S/C16H15N3O2/c1-2-21-13-5-3-4-12(9-13)19-16(20)11-6-7-14-15(8-11)18-10-17-14/h3-10H,2H2,1H3,(H,17,18)(H,19,20). The number of fused-ring (bicyclic) bond motifs is 1. The number of nitrogens with one attached hydrogen (secondary N) is 2. The van der Waals surface area contributed by atoms with Crippen LogP contribution >= 0.6 is 0 Å². The molecule has 0 saturated carbocycles. The van der Waals surface area contributed by atoms with Gasteiger partial charge in [-0.3, -0.25) is 4.79 Å². The van der Waals surface area contributed by atoms with Gasteiger partial charge in [-0.1, -0.05) is 6.07 Å². The maximum Gasteiger partial charge on any atom is 0.255 e. The van der Waals surface area contributed by atoms with Gasteiger partial charge in [0.2, 0.25) is 0 Å². The molecule has 21 heavy (non-hydrogen) atoms. The highest BCUT2D eigenvalue weighted by atomic mass is 16.5. The summed E-state index contributed by atoms with van der Waals surface area (Å²) in [4.78, 5) is 19.4. The number of imidazole rings is 1. The molecule has 2 aromatic carbocycles. The highest BCUT2D eigenvalue weighted by Gasteiger charge is 2.08. The minimum Gasteiger partial charge on any atom is -0.494 e. The molecule has 0 atom stereocenters. The minimum atomic E-state index is -0.167. The smallest absolute Gasteiger partial charge is 0.255 e. The van der Waals surface area contributed by atoms with E-state index in [-0.39, 0.29) is 5.91 Å². The maximum atomic E-state index is 12.3. The Morgan fingerprint density at radius 1 is 1.29 bits per heavy atom. The van der Waals surface area contributed by atoms with Crippen molar-refractivity contribution in [1.82, 2.24) is 9.97 Å².